The molecule has 0 aromatic carbocycles. The lowest BCUT2D eigenvalue weighted by Crippen LogP contribution is -2.25. The first-order chi connectivity index (χ1) is 10.3. The van der Waals surface area contributed by atoms with Crippen molar-refractivity contribution >= 4 is 6.09 Å². The summed E-state index contributed by atoms with van der Waals surface area (Å²) >= 11 is 0. The maximum absolute atomic E-state index is 11.4. The van der Waals surface area contributed by atoms with E-state index in [0.717, 1.165) is 19.4 Å². The van der Waals surface area contributed by atoms with Crippen LogP contribution >= 0.6 is 0 Å². The second-order valence-corrected chi connectivity index (χ2v) is 5.95. The van der Waals surface area contributed by atoms with Gasteiger partial charge in [0.2, 0.25) is 0 Å². The third kappa shape index (κ3) is 17.2. The summed E-state index contributed by atoms with van der Waals surface area (Å²) < 4.78 is 5.16. The van der Waals surface area contributed by atoms with E-state index < -0.39 is 0 Å². The van der Waals surface area contributed by atoms with Gasteiger partial charge < -0.3 is 10.1 Å². The average Bonchev–Trinajstić information content (AvgIpc) is 2.49. The molecule has 1 amide bonds. The number of carbonyl (C=O) groups is 1. The molecule has 21 heavy (non-hydrogen) atoms. The largest absolute Gasteiger partial charge is 0.450 e. The first kappa shape index (κ1) is 20.3. The van der Waals surface area contributed by atoms with E-state index in [0.29, 0.717) is 6.61 Å². The van der Waals surface area contributed by atoms with E-state index in [2.05, 4.69) is 19.2 Å². The van der Waals surface area contributed by atoms with Crippen molar-refractivity contribution in [3.8, 4) is 0 Å². The fraction of sp³-hybridized carbons (Fsp3) is 0.944. The highest BCUT2D eigenvalue weighted by atomic mass is 16.5. The van der Waals surface area contributed by atoms with Gasteiger partial charge >= 0.3 is 6.09 Å². The second-order valence-electron chi connectivity index (χ2n) is 5.95. The average molecular weight is 299 g/mol. The summed E-state index contributed by atoms with van der Waals surface area (Å²) in [5, 5.41) is 2.83. The number of carbonyl (C=O) groups excluding carboxylic acids is 1. The van der Waals surface area contributed by atoms with Crippen LogP contribution in [0.2, 0.25) is 0 Å². The van der Waals surface area contributed by atoms with E-state index in [4.69, 9.17) is 4.74 Å². The van der Waals surface area contributed by atoms with Crippen molar-refractivity contribution in [2.24, 2.45) is 0 Å². The first-order valence-corrected chi connectivity index (χ1v) is 9.21. The maximum atomic E-state index is 11.4. The molecule has 0 aliphatic rings. The van der Waals surface area contributed by atoms with Gasteiger partial charge in [0.25, 0.3) is 0 Å². The summed E-state index contributed by atoms with van der Waals surface area (Å²) in [7, 11) is 0. The number of hydrogen-bond donors (Lipinski definition) is 1. The number of nitrogens with one attached hydrogen (secondary N) is 1. The highest BCUT2D eigenvalue weighted by molar-refractivity contribution is 5.66. The smallest absolute Gasteiger partial charge is 0.407 e. The van der Waals surface area contributed by atoms with Crippen LogP contribution in [0.3, 0.4) is 0 Å². The summed E-state index contributed by atoms with van der Waals surface area (Å²) in [5.74, 6) is 0. The van der Waals surface area contributed by atoms with Crippen molar-refractivity contribution in [3.05, 3.63) is 0 Å². The van der Waals surface area contributed by atoms with Gasteiger partial charge in [0.15, 0.2) is 0 Å². The van der Waals surface area contributed by atoms with Crippen molar-refractivity contribution < 1.29 is 9.53 Å². The zero-order valence-electron chi connectivity index (χ0n) is 14.4. The molecule has 126 valence electrons. The van der Waals surface area contributed by atoms with E-state index in [1.54, 1.807) is 0 Å². The quantitative estimate of drug-likeness (QED) is 0.387. The van der Waals surface area contributed by atoms with E-state index in [-0.39, 0.29) is 6.09 Å². The SMILES string of the molecule is CCCCCCCCCNC(=O)OCCCCCCCC. The third-order valence-electron chi connectivity index (χ3n) is 3.78. The Morgan fingerprint density at radius 1 is 0.714 bits per heavy atom. The zero-order chi connectivity index (χ0) is 15.6. The molecule has 0 saturated carbocycles. The molecule has 0 fully saturated rings. The van der Waals surface area contributed by atoms with Crippen LogP contribution in [0.1, 0.15) is 97.3 Å². The molecule has 3 nitrogen and oxygen atoms in total. The summed E-state index contributed by atoms with van der Waals surface area (Å²) in [6.45, 7) is 5.78. The molecule has 0 atom stereocenters. The van der Waals surface area contributed by atoms with E-state index in [1.807, 2.05) is 0 Å². The van der Waals surface area contributed by atoms with Crippen LogP contribution in [0.5, 0.6) is 0 Å². The molecule has 0 bridgehead atoms. The Kier molecular flexibility index (Phi) is 16.7. The third-order valence-corrected chi connectivity index (χ3v) is 3.78. The number of rotatable bonds is 15. The van der Waals surface area contributed by atoms with E-state index in [1.165, 1.54) is 70.6 Å². The monoisotopic (exact) mass is 299 g/mol. The minimum Gasteiger partial charge on any atom is -0.450 e. The highest BCUT2D eigenvalue weighted by Gasteiger charge is 2.00. The van der Waals surface area contributed by atoms with Crippen molar-refractivity contribution in [3.63, 3.8) is 0 Å². The lowest BCUT2D eigenvalue weighted by molar-refractivity contribution is 0.143. The molecule has 0 aromatic rings. The fourth-order valence-electron chi connectivity index (χ4n) is 2.37. The van der Waals surface area contributed by atoms with Crippen molar-refractivity contribution in [1.82, 2.24) is 5.32 Å². The summed E-state index contributed by atoms with van der Waals surface area (Å²) in [4.78, 5) is 11.4. The number of amides is 1. The van der Waals surface area contributed by atoms with Gasteiger partial charge in [-0.05, 0) is 12.8 Å². The molecule has 0 aliphatic carbocycles. The molecule has 0 heterocycles. The van der Waals surface area contributed by atoms with Crippen molar-refractivity contribution in [2.45, 2.75) is 97.3 Å². The zero-order valence-corrected chi connectivity index (χ0v) is 14.4. The molecular weight excluding hydrogens is 262 g/mol. The lowest BCUT2D eigenvalue weighted by Gasteiger charge is -2.07. The topological polar surface area (TPSA) is 38.3 Å². The van der Waals surface area contributed by atoms with Gasteiger partial charge in [-0.1, -0.05) is 84.5 Å². The van der Waals surface area contributed by atoms with Crippen LogP contribution in [0.25, 0.3) is 0 Å². The fourth-order valence-corrected chi connectivity index (χ4v) is 2.37. The molecule has 3 heteroatoms. The Labute approximate surface area is 132 Å². The van der Waals surface area contributed by atoms with Crippen molar-refractivity contribution in [2.75, 3.05) is 13.2 Å². The van der Waals surface area contributed by atoms with Gasteiger partial charge in [0, 0.05) is 6.54 Å². The van der Waals surface area contributed by atoms with Gasteiger partial charge in [-0.25, -0.2) is 4.79 Å². The van der Waals surface area contributed by atoms with Crippen LogP contribution in [0, 0.1) is 0 Å². The normalized spacial score (nSPS) is 10.6. The number of unbranched alkanes of at least 4 members (excludes halogenated alkanes) is 11. The Bertz CT molecular complexity index is 219. The Morgan fingerprint density at radius 2 is 1.19 bits per heavy atom. The first-order valence-electron chi connectivity index (χ1n) is 9.21. The van der Waals surface area contributed by atoms with Gasteiger partial charge in [-0.15, -0.1) is 0 Å². The van der Waals surface area contributed by atoms with Crippen LogP contribution in [0.15, 0.2) is 0 Å². The predicted octanol–water partition coefficient (Wildman–Crippen LogP) is 5.82. The Balaban J connectivity index is 3.13. The minimum atomic E-state index is -0.241. The van der Waals surface area contributed by atoms with Crippen LogP contribution in [-0.4, -0.2) is 19.2 Å². The molecule has 0 aromatic heterocycles. The molecule has 1 N–H and O–H groups in total. The standard InChI is InChI=1S/C18H37NO2/c1-3-5-7-9-11-12-14-16-19-18(20)21-17-15-13-10-8-6-4-2/h3-17H2,1-2H3,(H,19,20). The van der Waals surface area contributed by atoms with Gasteiger partial charge in [-0.3, -0.25) is 0 Å². The van der Waals surface area contributed by atoms with Gasteiger partial charge in [0.05, 0.1) is 6.61 Å². The van der Waals surface area contributed by atoms with E-state index in [9.17, 15) is 4.79 Å². The highest BCUT2D eigenvalue weighted by Crippen LogP contribution is 2.06. The Hall–Kier alpha value is -0.730. The molecular formula is C18H37NO2. The molecule has 0 radical (unpaired) electrons. The second kappa shape index (κ2) is 17.3. The molecule has 0 aliphatic heterocycles. The molecule has 0 unspecified atom stereocenters. The minimum absolute atomic E-state index is 0.241. The van der Waals surface area contributed by atoms with Gasteiger partial charge in [-0.2, -0.15) is 0 Å². The summed E-state index contributed by atoms with van der Waals surface area (Å²) in [6, 6.07) is 0. The Morgan fingerprint density at radius 3 is 1.76 bits per heavy atom. The van der Waals surface area contributed by atoms with Gasteiger partial charge in [0.1, 0.15) is 0 Å². The molecule has 0 rings (SSSR count). The number of hydrogen-bond acceptors (Lipinski definition) is 2. The van der Waals surface area contributed by atoms with E-state index >= 15 is 0 Å². The lowest BCUT2D eigenvalue weighted by atomic mass is 10.1. The van der Waals surface area contributed by atoms with Crippen LogP contribution in [0.4, 0.5) is 4.79 Å². The van der Waals surface area contributed by atoms with Crippen LogP contribution < -0.4 is 5.32 Å². The number of ether oxygens (including phenoxy) is 1. The van der Waals surface area contributed by atoms with Crippen molar-refractivity contribution in [1.29, 1.82) is 0 Å². The summed E-state index contributed by atoms with van der Waals surface area (Å²) in [5.41, 5.74) is 0. The molecule has 0 spiro atoms. The summed E-state index contributed by atoms with van der Waals surface area (Å²) in [6.07, 6.45) is 16.0. The maximum Gasteiger partial charge on any atom is 0.407 e. The predicted molar refractivity (Wildman–Crippen MR) is 90.7 cm³/mol. The van der Waals surface area contributed by atoms with Crippen LogP contribution in [-0.2, 0) is 4.74 Å². The molecule has 0 saturated heterocycles. The number of alkyl carbamates (subject to hydrolysis) is 1.